The fourth-order valence-corrected chi connectivity index (χ4v) is 2.40. The molecule has 2 rings (SSSR count). The van der Waals surface area contributed by atoms with Crippen molar-refractivity contribution in [3.05, 3.63) is 47.4 Å². The Labute approximate surface area is 174 Å². The standard InChI is InChI=1S/C19H19F5N4O3/c1-10-6-13(7-16(26-10)28-12(3)29)11(2)27-17(30)15-5-4-14(8-25-15)31-9-18(20,21)19(22,23)24/h4-8,11H,9H2,1-3H3,(H,27,30)(H,26,28,29). The monoisotopic (exact) mass is 446 g/mol. The van der Waals surface area contributed by atoms with E-state index in [1.54, 1.807) is 26.0 Å². The summed E-state index contributed by atoms with van der Waals surface area (Å²) in [5.74, 6) is -5.97. The second kappa shape index (κ2) is 9.23. The third kappa shape index (κ3) is 6.59. The van der Waals surface area contributed by atoms with Gasteiger partial charge in [0.05, 0.1) is 12.2 Å². The lowest BCUT2D eigenvalue weighted by Gasteiger charge is -2.19. The molecule has 0 fully saturated rings. The van der Waals surface area contributed by atoms with Gasteiger partial charge in [-0.05, 0) is 43.7 Å². The molecule has 0 aliphatic heterocycles. The number of aromatic nitrogens is 2. The molecule has 2 aromatic heterocycles. The number of alkyl halides is 5. The number of carbonyl (C=O) groups excluding carboxylic acids is 2. The molecular weight excluding hydrogens is 427 g/mol. The normalized spacial score (nSPS) is 12.8. The number of pyridine rings is 2. The molecule has 0 saturated carbocycles. The van der Waals surface area contributed by atoms with Crippen molar-refractivity contribution >= 4 is 17.6 Å². The quantitative estimate of drug-likeness (QED) is 0.631. The minimum absolute atomic E-state index is 0.102. The highest BCUT2D eigenvalue weighted by Gasteiger charge is 2.58. The summed E-state index contributed by atoms with van der Waals surface area (Å²) in [5.41, 5.74) is 1.16. The Hall–Kier alpha value is -3.31. The lowest BCUT2D eigenvalue weighted by atomic mass is 10.1. The molecule has 0 radical (unpaired) electrons. The molecular formula is C19H19F5N4O3. The van der Waals surface area contributed by atoms with Crippen molar-refractivity contribution in [1.29, 1.82) is 0 Å². The molecule has 2 amide bonds. The summed E-state index contributed by atoms with van der Waals surface area (Å²) in [6.45, 7) is 2.82. The smallest absolute Gasteiger partial charge is 0.456 e. The van der Waals surface area contributed by atoms with E-state index in [1.807, 2.05) is 0 Å². The summed E-state index contributed by atoms with van der Waals surface area (Å²) >= 11 is 0. The predicted octanol–water partition coefficient (Wildman–Crippen LogP) is 3.81. The molecule has 168 valence electrons. The second-order valence-electron chi connectivity index (χ2n) is 6.67. The van der Waals surface area contributed by atoms with E-state index in [4.69, 9.17) is 0 Å². The molecule has 1 unspecified atom stereocenters. The number of rotatable bonds is 7. The molecule has 0 spiro atoms. The lowest BCUT2D eigenvalue weighted by molar-refractivity contribution is -0.290. The molecule has 0 saturated heterocycles. The van der Waals surface area contributed by atoms with Crippen molar-refractivity contribution < 1.29 is 36.3 Å². The lowest BCUT2D eigenvalue weighted by Crippen LogP contribution is -2.41. The largest absolute Gasteiger partial charge is 0.485 e. The van der Waals surface area contributed by atoms with E-state index in [-0.39, 0.29) is 17.4 Å². The number of hydrogen-bond acceptors (Lipinski definition) is 5. The van der Waals surface area contributed by atoms with Crippen LogP contribution in [0, 0.1) is 6.92 Å². The summed E-state index contributed by atoms with van der Waals surface area (Å²) in [5, 5.41) is 5.22. The summed E-state index contributed by atoms with van der Waals surface area (Å²) in [6.07, 6.45) is -4.86. The Morgan fingerprint density at radius 1 is 1.16 bits per heavy atom. The summed E-state index contributed by atoms with van der Waals surface area (Å²) in [7, 11) is 0. The van der Waals surface area contributed by atoms with Crippen LogP contribution in [0.4, 0.5) is 27.8 Å². The summed E-state index contributed by atoms with van der Waals surface area (Å²) in [6, 6.07) is 4.98. The third-order valence-corrected chi connectivity index (χ3v) is 3.93. The Kier molecular flexibility index (Phi) is 7.13. The average Bonchev–Trinajstić information content (AvgIpc) is 2.64. The first-order valence-electron chi connectivity index (χ1n) is 8.89. The SMILES string of the molecule is CC(=O)Nc1cc(C(C)NC(=O)c2ccc(OCC(F)(F)C(F)(F)F)cn2)cc(C)n1. The molecule has 0 aliphatic carbocycles. The molecule has 2 heterocycles. The van der Waals surface area contributed by atoms with Crippen LogP contribution in [0.1, 0.15) is 41.6 Å². The van der Waals surface area contributed by atoms with Gasteiger partial charge in [-0.1, -0.05) is 0 Å². The molecule has 0 aliphatic rings. The number of hydrogen-bond donors (Lipinski definition) is 2. The van der Waals surface area contributed by atoms with Crippen molar-refractivity contribution in [2.45, 2.75) is 38.9 Å². The minimum atomic E-state index is -5.73. The van der Waals surface area contributed by atoms with Gasteiger partial charge in [0.15, 0.2) is 6.61 Å². The highest BCUT2D eigenvalue weighted by molar-refractivity contribution is 5.92. The average molecular weight is 446 g/mol. The van der Waals surface area contributed by atoms with E-state index >= 15 is 0 Å². The van der Waals surface area contributed by atoms with Gasteiger partial charge in [-0.3, -0.25) is 9.59 Å². The summed E-state index contributed by atoms with van der Waals surface area (Å²) in [4.78, 5) is 31.5. The van der Waals surface area contributed by atoms with Gasteiger partial charge in [-0.2, -0.15) is 22.0 Å². The minimum Gasteiger partial charge on any atom is -0.485 e. The van der Waals surface area contributed by atoms with Crippen LogP contribution in [-0.4, -0.2) is 40.5 Å². The first-order chi connectivity index (χ1) is 14.3. The van der Waals surface area contributed by atoms with E-state index in [0.29, 0.717) is 17.1 Å². The molecule has 12 heteroatoms. The predicted molar refractivity (Wildman–Crippen MR) is 99.9 cm³/mol. The molecule has 7 nitrogen and oxygen atoms in total. The third-order valence-electron chi connectivity index (χ3n) is 3.93. The van der Waals surface area contributed by atoms with Crippen LogP contribution >= 0.6 is 0 Å². The van der Waals surface area contributed by atoms with Crippen molar-refractivity contribution in [2.75, 3.05) is 11.9 Å². The first kappa shape index (κ1) is 24.0. The van der Waals surface area contributed by atoms with Gasteiger partial charge in [0.25, 0.3) is 5.91 Å². The van der Waals surface area contributed by atoms with E-state index in [9.17, 15) is 31.5 Å². The topological polar surface area (TPSA) is 93.2 Å². The highest BCUT2D eigenvalue weighted by atomic mass is 19.4. The van der Waals surface area contributed by atoms with Crippen LogP contribution in [0.2, 0.25) is 0 Å². The number of carbonyl (C=O) groups is 2. The van der Waals surface area contributed by atoms with Crippen LogP contribution < -0.4 is 15.4 Å². The second-order valence-corrected chi connectivity index (χ2v) is 6.67. The van der Waals surface area contributed by atoms with Crippen LogP contribution in [0.3, 0.4) is 0 Å². The van der Waals surface area contributed by atoms with Gasteiger partial charge in [0, 0.05) is 12.6 Å². The van der Waals surface area contributed by atoms with E-state index in [2.05, 4.69) is 25.3 Å². The van der Waals surface area contributed by atoms with Crippen molar-refractivity contribution in [3.8, 4) is 5.75 Å². The molecule has 0 aromatic carbocycles. The first-order valence-corrected chi connectivity index (χ1v) is 8.89. The molecule has 1 atom stereocenters. The molecule has 2 N–H and O–H groups in total. The molecule has 2 aromatic rings. The Bertz CT molecular complexity index is 949. The number of nitrogens with one attached hydrogen (secondary N) is 2. The fourth-order valence-electron chi connectivity index (χ4n) is 2.40. The number of ether oxygens (including phenoxy) is 1. The van der Waals surface area contributed by atoms with Gasteiger partial charge < -0.3 is 15.4 Å². The Balaban J connectivity index is 2.03. The van der Waals surface area contributed by atoms with Gasteiger partial charge in [0.1, 0.15) is 17.3 Å². The summed E-state index contributed by atoms with van der Waals surface area (Å²) < 4.78 is 66.7. The van der Waals surface area contributed by atoms with Crippen molar-refractivity contribution in [1.82, 2.24) is 15.3 Å². The Morgan fingerprint density at radius 3 is 2.39 bits per heavy atom. The van der Waals surface area contributed by atoms with E-state index in [0.717, 1.165) is 18.3 Å². The van der Waals surface area contributed by atoms with Gasteiger partial charge in [-0.15, -0.1) is 0 Å². The highest BCUT2D eigenvalue weighted by Crippen LogP contribution is 2.35. The number of anilines is 1. The molecule has 31 heavy (non-hydrogen) atoms. The van der Waals surface area contributed by atoms with Crippen LogP contribution in [0.5, 0.6) is 5.75 Å². The van der Waals surface area contributed by atoms with Crippen LogP contribution in [0.15, 0.2) is 30.5 Å². The van der Waals surface area contributed by atoms with Gasteiger partial charge in [-0.25, -0.2) is 9.97 Å². The van der Waals surface area contributed by atoms with Gasteiger partial charge >= 0.3 is 12.1 Å². The maximum absolute atomic E-state index is 12.9. The fraction of sp³-hybridized carbons (Fsp3) is 0.368. The zero-order valence-electron chi connectivity index (χ0n) is 16.7. The maximum atomic E-state index is 12.9. The van der Waals surface area contributed by atoms with Crippen LogP contribution in [0.25, 0.3) is 0 Å². The van der Waals surface area contributed by atoms with Gasteiger partial charge in [0.2, 0.25) is 5.91 Å². The van der Waals surface area contributed by atoms with E-state index < -0.39 is 30.7 Å². The number of nitrogens with zero attached hydrogens (tertiary/aromatic N) is 2. The zero-order valence-corrected chi connectivity index (χ0v) is 16.7. The Morgan fingerprint density at radius 2 is 1.84 bits per heavy atom. The van der Waals surface area contributed by atoms with Crippen molar-refractivity contribution in [3.63, 3.8) is 0 Å². The van der Waals surface area contributed by atoms with Crippen LogP contribution in [-0.2, 0) is 4.79 Å². The zero-order chi connectivity index (χ0) is 23.4. The number of halogens is 5. The number of aryl methyl sites for hydroxylation is 1. The van der Waals surface area contributed by atoms with E-state index in [1.165, 1.54) is 6.92 Å². The maximum Gasteiger partial charge on any atom is 0.456 e. The van der Waals surface area contributed by atoms with Crippen molar-refractivity contribution in [2.24, 2.45) is 0 Å². The molecule has 0 bridgehead atoms. The number of amides is 2.